The van der Waals surface area contributed by atoms with Gasteiger partial charge in [0.05, 0.1) is 0 Å². The summed E-state index contributed by atoms with van der Waals surface area (Å²) in [4.78, 5) is 0. The largest absolute Gasteiger partial charge is 0.510 e. The van der Waals surface area contributed by atoms with Crippen LogP contribution in [-0.4, -0.2) is 36.7 Å². The Labute approximate surface area is 102 Å². The topological polar surface area (TPSA) is 57.6 Å². The summed E-state index contributed by atoms with van der Waals surface area (Å²) in [5.41, 5.74) is 0. The second kappa shape index (κ2) is 5.42. The molecule has 1 N–H and O–H groups in total. The Hall–Kier alpha value is -0.200. The molecule has 0 amide bonds. The third-order valence-corrected chi connectivity index (χ3v) is 6.68. The first-order valence-corrected chi connectivity index (χ1v) is 7.97. The van der Waals surface area contributed by atoms with Crippen molar-refractivity contribution < 1.29 is 13.5 Å². The summed E-state index contributed by atoms with van der Waals surface area (Å²) >= 11 is 1.25. The number of aliphatic hydroxyl groups excluding tert-OH is 1. The lowest BCUT2D eigenvalue weighted by molar-refractivity contribution is 0.342. The fourth-order valence-electron chi connectivity index (χ4n) is 1.69. The van der Waals surface area contributed by atoms with Crippen molar-refractivity contribution in [1.29, 1.82) is 0 Å². The fraction of sp³-hybridized carbons (Fsp3) is 0.800. The van der Waals surface area contributed by atoms with Gasteiger partial charge in [0.25, 0.3) is 10.0 Å². The Balaban J connectivity index is 3.06. The SMILES string of the molecule is CCC1CSC(S(=O)(=O)N(CC)CC)=C1O. The van der Waals surface area contributed by atoms with Gasteiger partial charge < -0.3 is 5.11 Å². The minimum absolute atomic E-state index is 0.00895. The summed E-state index contributed by atoms with van der Waals surface area (Å²) in [5.74, 6) is 0.711. The van der Waals surface area contributed by atoms with Gasteiger partial charge in [0.15, 0.2) is 4.24 Å². The summed E-state index contributed by atoms with van der Waals surface area (Å²) < 4.78 is 25.8. The summed E-state index contributed by atoms with van der Waals surface area (Å²) in [6, 6.07) is 0. The van der Waals surface area contributed by atoms with Crippen LogP contribution in [0.3, 0.4) is 0 Å². The number of allylic oxidation sites excluding steroid dienone is 1. The van der Waals surface area contributed by atoms with Crippen LogP contribution in [0.4, 0.5) is 0 Å². The molecule has 1 rings (SSSR count). The maximum Gasteiger partial charge on any atom is 0.252 e. The summed E-state index contributed by atoms with van der Waals surface area (Å²) in [5, 5.41) is 9.88. The molecular formula is C10H19NO3S2. The standard InChI is InChI=1S/C10H19NO3S2/c1-4-8-7-15-10(9(8)12)16(13,14)11(5-2)6-3/h8,12H,4-7H2,1-3H3. The molecule has 1 unspecified atom stereocenters. The van der Waals surface area contributed by atoms with Gasteiger partial charge in [-0.25, -0.2) is 8.42 Å². The molecule has 0 aliphatic carbocycles. The van der Waals surface area contributed by atoms with E-state index in [1.807, 2.05) is 6.92 Å². The first-order chi connectivity index (χ1) is 7.48. The number of thioether (sulfide) groups is 1. The minimum Gasteiger partial charge on any atom is -0.510 e. The molecule has 0 radical (unpaired) electrons. The molecule has 4 nitrogen and oxygen atoms in total. The number of hydrogen-bond donors (Lipinski definition) is 1. The lowest BCUT2D eigenvalue weighted by Gasteiger charge is -2.18. The molecule has 0 aromatic carbocycles. The first-order valence-electron chi connectivity index (χ1n) is 5.55. The predicted molar refractivity (Wildman–Crippen MR) is 67.7 cm³/mol. The smallest absolute Gasteiger partial charge is 0.252 e. The summed E-state index contributed by atoms with van der Waals surface area (Å²) in [7, 11) is -3.47. The van der Waals surface area contributed by atoms with Crippen molar-refractivity contribution in [2.24, 2.45) is 5.92 Å². The van der Waals surface area contributed by atoms with Gasteiger partial charge in [-0.05, 0) is 6.42 Å². The second-order valence-electron chi connectivity index (χ2n) is 3.68. The molecule has 1 aliphatic rings. The normalized spacial score (nSPS) is 22.1. The van der Waals surface area contributed by atoms with Crippen LogP contribution in [0.15, 0.2) is 10.00 Å². The van der Waals surface area contributed by atoms with E-state index < -0.39 is 10.0 Å². The van der Waals surface area contributed by atoms with E-state index in [9.17, 15) is 13.5 Å². The molecule has 16 heavy (non-hydrogen) atoms. The number of hydrogen-bond acceptors (Lipinski definition) is 4. The highest BCUT2D eigenvalue weighted by Crippen LogP contribution is 2.40. The van der Waals surface area contributed by atoms with Gasteiger partial charge in [-0.15, -0.1) is 11.8 Å². The van der Waals surface area contributed by atoms with Gasteiger partial charge in [-0.1, -0.05) is 20.8 Å². The highest BCUT2D eigenvalue weighted by atomic mass is 32.3. The maximum atomic E-state index is 12.2. The van der Waals surface area contributed by atoms with Crippen molar-refractivity contribution in [2.75, 3.05) is 18.8 Å². The van der Waals surface area contributed by atoms with E-state index >= 15 is 0 Å². The molecule has 1 atom stereocenters. The number of aliphatic hydroxyl groups is 1. The summed E-state index contributed by atoms with van der Waals surface area (Å²) in [6.45, 7) is 6.43. The lowest BCUT2D eigenvalue weighted by Crippen LogP contribution is -2.31. The van der Waals surface area contributed by atoms with E-state index in [0.29, 0.717) is 18.8 Å². The third-order valence-electron chi connectivity index (χ3n) is 2.78. The van der Waals surface area contributed by atoms with Crippen LogP contribution in [0.5, 0.6) is 0 Å². The van der Waals surface area contributed by atoms with E-state index in [2.05, 4.69) is 0 Å². The first kappa shape index (κ1) is 13.9. The van der Waals surface area contributed by atoms with Crippen LogP contribution in [0.25, 0.3) is 0 Å². The molecule has 0 bridgehead atoms. The lowest BCUT2D eigenvalue weighted by atomic mass is 10.1. The van der Waals surface area contributed by atoms with Crippen LogP contribution in [-0.2, 0) is 10.0 Å². The predicted octanol–water partition coefficient (Wildman–Crippen LogP) is 2.16. The van der Waals surface area contributed by atoms with Crippen LogP contribution in [0, 0.1) is 5.92 Å². The van der Waals surface area contributed by atoms with E-state index in [1.54, 1.807) is 13.8 Å². The van der Waals surface area contributed by atoms with Crippen molar-refractivity contribution in [3.8, 4) is 0 Å². The molecule has 0 saturated carbocycles. The zero-order valence-corrected chi connectivity index (χ0v) is 11.6. The molecule has 0 aromatic heterocycles. The molecule has 6 heteroatoms. The molecular weight excluding hydrogens is 246 g/mol. The third kappa shape index (κ3) is 2.38. The molecule has 0 aromatic rings. The Morgan fingerprint density at radius 1 is 1.38 bits per heavy atom. The van der Waals surface area contributed by atoms with Crippen molar-refractivity contribution in [3.05, 3.63) is 10.00 Å². The average molecular weight is 265 g/mol. The van der Waals surface area contributed by atoms with Crippen LogP contribution in [0.1, 0.15) is 27.2 Å². The maximum absolute atomic E-state index is 12.2. The highest BCUT2D eigenvalue weighted by molar-refractivity contribution is 8.18. The summed E-state index contributed by atoms with van der Waals surface area (Å²) in [6.07, 6.45) is 0.774. The fourth-order valence-corrected chi connectivity index (χ4v) is 5.22. The van der Waals surface area contributed by atoms with E-state index in [4.69, 9.17) is 0 Å². The second-order valence-corrected chi connectivity index (χ2v) is 6.84. The highest BCUT2D eigenvalue weighted by Gasteiger charge is 2.35. The van der Waals surface area contributed by atoms with Crippen LogP contribution < -0.4 is 0 Å². The Morgan fingerprint density at radius 3 is 2.31 bits per heavy atom. The van der Waals surface area contributed by atoms with Gasteiger partial charge in [0.2, 0.25) is 0 Å². The van der Waals surface area contributed by atoms with Gasteiger partial charge in [0, 0.05) is 24.8 Å². The Kier molecular flexibility index (Phi) is 4.70. The van der Waals surface area contributed by atoms with Crippen molar-refractivity contribution in [2.45, 2.75) is 27.2 Å². The molecule has 1 aliphatic heterocycles. The van der Waals surface area contributed by atoms with Gasteiger partial charge >= 0.3 is 0 Å². The number of nitrogens with zero attached hydrogens (tertiary/aromatic N) is 1. The van der Waals surface area contributed by atoms with Crippen LogP contribution in [0.2, 0.25) is 0 Å². The Bertz CT molecular complexity index is 372. The zero-order chi connectivity index (χ0) is 12.3. The van der Waals surface area contributed by atoms with Crippen molar-refractivity contribution in [1.82, 2.24) is 4.31 Å². The van der Waals surface area contributed by atoms with Gasteiger partial charge in [-0.2, -0.15) is 4.31 Å². The molecule has 0 saturated heterocycles. The van der Waals surface area contributed by atoms with E-state index in [-0.39, 0.29) is 15.9 Å². The van der Waals surface area contributed by atoms with Gasteiger partial charge in [0.1, 0.15) is 5.76 Å². The Morgan fingerprint density at radius 2 is 1.94 bits per heavy atom. The van der Waals surface area contributed by atoms with E-state index in [1.165, 1.54) is 16.1 Å². The molecule has 0 spiro atoms. The quantitative estimate of drug-likeness (QED) is 0.827. The molecule has 0 fully saturated rings. The average Bonchev–Trinajstić information content (AvgIpc) is 2.61. The number of rotatable bonds is 5. The van der Waals surface area contributed by atoms with E-state index in [0.717, 1.165) is 6.42 Å². The monoisotopic (exact) mass is 265 g/mol. The van der Waals surface area contributed by atoms with Gasteiger partial charge in [-0.3, -0.25) is 0 Å². The zero-order valence-electron chi connectivity index (χ0n) is 9.93. The van der Waals surface area contributed by atoms with Crippen molar-refractivity contribution in [3.63, 3.8) is 0 Å². The minimum atomic E-state index is -3.47. The molecule has 1 heterocycles. The van der Waals surface area contributed by atoms with Crippen molar-refractivity contribution >= 4 is 21.8 Å². The molecule has 94 valence electrons. The number of sulfonamides is 1. The van der Waals surface area contributed by atoms with Crippen LogP contribution >= 0.6 is 11.8 Å².